The number of hydrogen-bond acceptors (Lipinski definition) is 3. The lowest BCUT2D eigenvalue weighted by molar-refractivity contribution is -0.131. The number of thiophene rings is 1. The largest absolute Gasteiger partial charge is 0.293 e. The number of hydrogen-bond donors (Lipinski definition) is 2. The van der Waals surface area contributed by atoms with Gasteiger partial charge in [0.1, 0.15) is 0 Å². The highest BCUT2D eigenvalue weighted by molar-refractivity contribution is 7.10. The number of carbonyl (C=O) groups is 1. The van der Waals surface area contributed by atoms with Crippen LogP contribution in [0.5, 0.6) is 0 Å². The highest BCUT2D eigenvalue weighted by Crippen LogP contribution is 2.49. The first-order chi connectivity index (χ1) is 6.69. The van der Waals surface area contributed by atoms with Gasteiger partial charge < -0.3 is 0 Å². The molecule has 1 aromatic heterocycles. The number of rotatable bonds is 2. The molecule has 4 heteroatoms. The first kappa shape index (κ1) is 9.68. The standard InChI is InChI=1S/C10H14N2OS/c1-7-5-10(6-7,9(13)12-11)8-3-2-4-14-8/h2-4,7H,5-6,11H2,1H3,(H,12,13). The lowest BCUT2D eigenvalue weighted by Gasteiger charge is -2.43. The normalized spacial score (nSPS) is 30.9. The molecule has 3 N–H and O–H groups in total. The van der Waals surface area contributed by atoms with E-state index in [2.05, 4.69) is 12.3 Å². The van der Waals surface area contributed by atoms with Crippen LogP contribution < -0.4 is 11.3 Å². The van der Waals surface area contributed by atoms with Gasteiger partial charge in [-0.15, -0.1) is 11.3 Å². The van der Waals surface area contributed by atoms with Crippen LogP contribution >= 0.6 is 11.3 Å². The molecule has 0 aromatic carbocycles. The molecule has 1 heterocycles. The molecule has 0 aliphatic heterocycles. The van der Waals surface area contributed by atoms with E-state index in [1.807, 2.05) is 17.5 Å². The van der Waals surface area contributed by atoms with E-state index < -0.39 is 0 Å². The Morgan fingerprint density at radius 1 is 1.71 bits per heavy atom. The molecule has 76 valence electrons. The summed E-state index contributed by atoms with van der Waals surface area (Å²) in [6.07, 6.45) is 1.83. The summed E-state index contributed by atoms with van der Waals surface area (Å²) < 4.78 is 0. The van der Waals surface area contributed by atoms with Crippen molar-refractivity contribution in [2.45, 2.75) is 25.2 Å². The molecular formula is C10H14N2OS. The number of nitrogens with one attached hydrogen (secondary N) is 1. The van der Waals surface area contributed by atoms with Gasteiger partial charge in [0.15, 0.2) is 0 Å². The second kappa shape index (κ2) is 3.37. The van der Waals surface area contributed by atoms with Crippen molar-refractivity contribution in [1.29, 1.82) is 0 Å². The quantitative estimate of drug-likeness (QED) is 0.440. The second-order valence-electron chi connectivity index (χ2n) is 4.05. The van der Waals surface area contributed by atoms with Gasteiger partial charge in [0.25, 0.3) is 0 Å². The first-order valence-electron chi connectivity index (χ1n) is 4.74. The van der Waals surface area contributed by atoms with Crippen LogP contribution in [0.1, 0.15) is 24.6 Å². The minimum absolute atomic E-state index is 0.0435. The van der Waals surface area contributed by atoms with E-state index in [1.54, 1.807) is 11.3 Å². The van der Waals surface area contributed by atoms with Crippen LogP contribution in [0.4, 0.5) is 0 Å². The summed E-state index contributed by atoms with van der Waals surface area (Å²) in [6.45, 7) is 2.16. The molecule has 14 heavy (non-hydrogen) atoms. The maximum absolute atomic E-state index is 11.7. The molecule has 0 radical (unpaired) electrons. The molecule has 3 nitrogen and oxygen atoms in total. The summed E-state index contributed by atoms with van der Waals surface area (Å²) >= 11 is 1.64. The van der Waals surface area contributed by atoms with Crippen molar-refractivity contribution in [2.24, 2.45) is 11.8 Å². The van der Waals surface area contributed by atoms with Crippen LogP contribution in [0.25, 0.3) is 0 Å². The Morgan fingerprint density at radius 2 is 2.43 bits per heavy atom. The molecule has 0 saturated heterocycles. The third-order valence-electron chi connectivity index (χ3n) is 2.95. The Hall–Kier alpha value is -0.870. The lowest BCUT2D eigenvalue weighted by atomic mass is 9.61. The SMILES string of the molecule is CC1CC(C(=O)NN)(c2cccs2)C1. The summed E-state index contributed by atoms with van der Waals surface area (Å²) in [5.41, 5.74) is 1.95. The zero-order valence-corrected chi connectivity index (χ0v) is 8.93. The topological polar surface area (TPSA) is 55.1 Å². The third kappa shape index (κ3) is 1.26. The summed E-state index contributed by atoms with van der Waals surface area (Å²) in [7, 11) is 0. The number of carbonyl (C=O) groups excluding carboxylic acids is 1. The Kier molecular flexibility index (Phi) is 2.33. The van der Waals surface area contributed by atoms with Crippen LogP contribution in [0, 0.1) is 5.92 Å². The zero-order chi connectivity index (χ0) is 10.2. The monoisotopic (exact) mass is 210 g/mol. The molecule has 1 aliphatic rings. The first-order valence-corrected chi connectivity index (χ1v) is 5.62. The molecule has 1 saturated carbocycles. The van der Waals surface area contributed by atoms with Crippen LogP contribution in [0.3, 0.4) is 0 Å². The molecular weight excluding hydrogens is 196 g/mol. The van der Waals surface area contributed by atoms with Crippen molar-refractivity contribution >= 4 is 17.2 Å². The van der Waals surface area contributed by atoms with Crippen LogP contribution in [-0.4, -0.2) is 5.91 Å². The van der Waals surface area contributed by atoms with Gasteiger partial charge in [0.2, 0.25) is 5.91 Å². The van der Waals surface area contributed by atoms with Gasteiger partial charge >= 0.3 is 0 Å². The number of nitrogens with two attached hydrogens (primary N) is 1. The van der Waals surface area contributed by atoms with E-state index in [9.17, 15) is 4.79 Å². The second-order valence-corrected chi connectivity index (χ2v) is 4.99. The highest BCUT2D eigenvalue weighted by Gasteiger charge is 2.50. The Morgan fingerprint density at radius 3 is 2.86 bits per heavy atom. The van der Waals surface area contributed by atoms with Crippen LogP contribution in [0.2, 0.25) is 0 Å². The Labute approximate surface area is 87.3 Å². The van der Waals surface area contributed by atoms with E-state index >= 15 is 0 Å². The zero-order valence-electron chi connectivity index (χ0n) is 8.12. The van der Waals surface area contributed by atoms with Gasteiger partial charge in [0, 0.05) is 4.88 Å². The van der Waals surface area contributed by atoms with Gasteiger partial charge in [-0.05, 0) is 30.2 Å². The average Bonchev–Trinajstić information content (AvgIpc) is 2.64. The van der Waals surface area contributed by atoms with Gasteiger partial charge in [-0.1, -0.05) is 13.0 Å². The minimum Gasteiger partial charge on any atom is -0.293 e. The fraction of sp³-hybridized carbons (Fsp3) is 0.500. The molecule has 1 fully saturated rings. The summed E-state index contributed by atoms with van der Waals surface area (Å²) in [5, 5.41) is 2.00. The molecule has 1 amide bonds. The fourth-order valence-corrected chi connectivity index (χ4v) is 3.26. The smallest absolute Gasteiger partial charge is 0.245 e. The van der Waals surface area contributed by atoms with E-state index in [0.29, 0.717) is 5.92 Å². The van der Waals surface area contributed by atoms with Crippen LogP contribution in [-0.2, 0) is 10.2 Å². The maximum atomic E-state index is 11.7. The summed E-state index contributed by atoms with van der Waals surface area (Å²) in [6, 6.07) is 4.00. The van der Waals surface area contributed by atoms with Gasteiger partial charge in [-0.2, -0.15) is 0 Å². The summed E-state index contributed by atoms with van der Waals surface area (Å²) in [5.74, 6) is 5.80. The highest BCUT2D eigenvalue weighted by atomic mass is 32.1. The maximum Gasteiger partial charge on any atom is 0.245 e. The van der Waals surface area contributed by atoms with Gasteiger partial charge in [0.05, 0.1) is 5.41 Å². The van der Waals surface area contributed by atoms with Crippen LogP contribution in [0.15, 0.2) is 17.5 Å². The van der Waals surface area contributed by atoms with Crippen molar-refractivity contribution in [3.8, 4) is 0 Å². The molecule has 1 aliphatic carbocycles. The summed E-state index contributed by atoms with van der Waals surface area (Å²) in [4.78, 5) is 12.9. The molecule has 0 atom stereocenters. The Balaban J connectivity index is 2.29. The molecule has 2 rings (SSSR count). The average molecular weight is 210 g/mol. The van der Waals surface area contributed by atoms with Gasteiger partial charge in [-0.3, -0.25) is 10.2 Å². The van der Waals surface area contributed by atoms with Crippen molar-refractivity contribution in [3.63, 3.8) is 0 Å². The van der Waals surface area contributed by atoms with E-state index in [-0.39, 0.29) is 11.3 Å². The van der Waals surface area contributed by atoms with Crippen molar-refractivity contribution in [2.75, 3.05) is 0 Å². The Bertz CT molecular complexity index is 328. The van der Waals surface area contributed by atoms with Crippen molar-refractivity contribution in [3.05, 3.63) is 22.4 Å². The third-order valence-corrected chi connectivity index (χ3v) is 4.03. The molecule has 0 bridgehead atoms. The predicted octanol–water partition coefficient (Wildman–Crippen LogP) is 1.41. The van der Waals surface area contributed by atoms with Gasteiger partial charge in [-0.25, -0.2) is 5.84 Å². The van der Waals surface area contributed by atoms with E-state index in [0.717, 1.165) is 17.7 Å². The van der Waals surface area contributed by atoms with E-state index in [1.165, 1.54) is 0 Å². The van der Waals surface area contributed by atoms with Crippen molar-refractivity contribution < 1.29 is 4.79 Å². The minimum atomic E-state index is -0.331. The van der Waals surface area contributed by atoms with Crippen molar-refractivity contribution in [1.82, 2.24) is 5.43 Å². The molecule has 0 spiro atoms. The number of hydrazine groups is 1. The number of amides is 1. The molecule has 0 unspecified atom stereocenters. The lowest BCUT2D eigenvalue weighted by Crippen LogP contribution is -2.53. The van der Waals surface area contributed by atoms with E-state index in [4.69, 9.17) is 5.84 Å². The fourth-order valence-electron chi connectivity index (χ4n) is 2.32. The predicted molar refractivity (Wildman–Crippen MR) is 56.7 cm³/mol. The molecule has 1 aromatic rings.